The van der Waals surface area contributed by atoms with Gasteiger partial charge in [0.15, 0.2) is 12.4 Å². The number of ketones is 1. The van der Waals surface area contributed by atoms with Crippen LogP contribution in [-0.2, 0) is 19.1 Å². The molecule has 1 aliphatic heterocycles. The average Bonchev–Trinajstić information content (AvgIpc) is 3.41. The molecule has 3 aromatic carbocycles. The van der Waals surface area contributed by atoms with Crippen LogP contribution in [0.5, 0.6) is 5.75 Å². The molecule has 222 valence electrons. The minimum absolute atomic E-state index is 0.0704. The van der Waals surface area contributed by atoms with Crippen LogP contribution in [0.1, 0.15) is 57.3 Å². The fourth-order valence-electron chi connectivity index (χ4n) is 4.22. The molecule has 1 saturated heterocycles. The van der Waals surface area contributed by atoms with Crippen molar-refractivity contribution < 1.29 is 43.1 Å². The number of hydrogen-bond donors (Lipinski definition) is 0. The predicted octanol–water partition coefficient (Wildman–Crippen LogP) is 4.55. The number of unbranched alkanes of at least 4 members (excludes halogenated alkanes) is 1. The second-order valence-electron chi connectivity index (χ2n) is 9.69. The van der Waals surface area contributed by atoms with E-state index in [1.807, 2.05) is 6.92 Å². The number of non-ortho nitro benzene ring substituents is 1. The van der Waals surface area contributed by atoms with Gasteiger partial charge in [-0.3, -0.25) is 24.5 Å². The third-order valence-corrected chi connectivity index (χ3v) is 6.65. The molecule has 0 radical (unpaired) electrons. The summed E-state index contributed by atoms with van der Waals surface area (Å²) in [6, 6.07) is 16.8. The number of hydrogen-bond acceptors (Lipinski definition) is 10. The monoisotopic (exact) mass is 588 g/mol. The van der Waals surface area contributed by atoms with Crippen molar-refractivity contribution in [2.45, 2.75) is 26.2 Å². The van der Waals surface area contributed by atoms with E-state index in [1.165, 1.54) is 53.4 Å². The van der Waals surface area contributed by atoms with Crippen LogP contribution in [0.25, 0.3) is 0 Å². The van der Waals surface area contributed by atoms with Gasteiger partial charge < -0.3 is 19.1 Å². The highest BCUT2D eigenvalue weighted by atomic mass is 16.6. The molecule has 12 heteroatoms. The molecule has 43 heavy (non-hydrogen) atoms. The number of anilines is 1. The fourth-order valence-corrected chi connectivity index (χ4v) is 4.22. The molecule has 0 saturated carbocycles. The van der Waals surface area contributed by atoms with Gasteiger partial charge in [-0.05, 0) is 67.1 Å². The number of rotatable bonds is 12. The van der Waals surface area contributed by atoms with Crippen LogP contribution in [-0.4, -0.2) is 54.3 Å². The van der Waals surface area contributed by atoms with E-state index in [2.05, 4.69) is 0 Å². The van der Waals surface area contributed by atoms with Crippen LogP contribution < -0.4 is 9.64 Å². The summed E-state index contributed by atoms with van der Waals surface area (Å²) in [7, 11) is 0. The van der Waals surface area contributed by atoms with Gasteiger partial charge in [-0.25, -0.2) is 9.59 Å². The van der Waals surface area contributed by atoms with Crippen LogP contribution in [0.15, 0.2) is 72.8 Å². The van der Waals surface area contributed by atoms with Crippen molar-refractivity contribution in [3.63, 3.8) is 0 Å². The Hall–Kier alpha value is -5.39. The SMILES string of the molecule is CCCCOC(=O)c1ccc(N2C[C@@H](C(=O)OCC(=O)c3ccc(OC(=O)c4ccc([N+](=O)[O-])cc4)cc3)CC2=O)cc1. The molecule has 1 aliphatic rings. The third-order valence-electron chi connectivity index (χ3n) is 6.65. The van der Waals surface area contributed by atoms with Crippen LogP contribution in [0.2, 0.25) is 0 Å². The van der Waals surface area contributed by atoms with Crippen molar-refractivity contribution in [2.24, 2.45) is 5.92 Å². The predicted molar refractivity (Wildman–Crippen MR) is 152 cm³/mol. The molecule has 0 spiro atoms. The molecular weight excluding hydrogens is 560 g/mol. The lowest BCUT2D eigenvalue weighted by Gasteiger charge is -2.17. The second kappa shape index (κ2) is 14.0. The maximum Gasteiger partial charge on any atom is 0.343 e. The number of esters is 3. The van der Waals surface area contributed by atoms with Crippen molar-refractivity contribution in [3.05, 3.63) is 99.6 Å². The molecule has 0 aliphatic carbocycles. The molecule has 0 unspecified atom stereocenters. The number of benzene rings is 3. The quantitative estimate of drug-likeness (QED) is 0.0733. The highest BCUT2D eigenvalue weighted by Crippen LogP contribution is 2.26. The minimum Gasteiger partial charge on any atom is -0.462 e. The minimum atomic E-state index is -0.764. The zero-order valence-corrected chi connectivity index (χ0v) is 23.2. The molecule has 1 fully saturated rings. The van der Waals surface area contributed by atoms with Crippen LogP contribution >= 0.6 is 0 Å². The van der Waals surface area contributed by atoms with Crippen molar-refractivity contribution in [1.82, 2.24) is 0 Å². The van der Waals surface area contributed by atoms with Gasteiger partial charge in [0.05, 0.1) is 28.6 Å². The summed E-state index contributed by atoms with van der Waals surface area (Å²) in [5.74, 6) is -3.27. The van der Waals surface area contributed by atoms with Crippen molar-refractivity contribution in [2.75, 3.05) is 24.7 Å². The first-order chi connectivity index (χ1) is 20.7. The maximum atomic E-state index is 12.6. The Balaban J connectivity index is 1.25. The molecule has 1 amide bonds. The van der Waals surface area contributed by atoms with Gasteiger partial charge in [-0.1, -0.05) is 13.3 Å². The van der Waals surface area contributed by atoms with E-state index in [0.29, 0.717) is 17.9 Å². The number of carbonyl (C=O) groups excluding carboxylic acids is 5. The maximum absolute atomic E-state index is 12.6. The van der Waals surface area contributed by atoms with Crippen LogP contribution in [0.3, 0.4) is 0 Å². The van der Waals surface area contributed by atoms with Crippen molar-refractivity contribution in [1.29, 1.82) is 0 Å². The fraction of sp³-hybridized carbons (Fsp3) is 0.258. The Morgan fingerprint density at radius 1 is 0.860 bits per heavy atom. The Labute approximate surface area is 246 Å². The lowest BCUT2D eigenvalue weighted by Crippen LogP contribution is -2.27. The van der Waals surface area contributed by atoms with Gasteiger partial charge in [0.25, 0.3) is 5.69 Å². The van der Waals surface area contributed by atoms with Gasteiger partial charge >= 0.3 is 17.9 Å². The van der Waals surface area contributed by atoms with Gasteiger partial charge in [-0.15, -0.1) is 0 Å². The Morgan fingerprint density at radius 2 is 1.47 bits per heavy atom. The molecule has 3 aromatic rings. The van der Waals surface area contributed by atoms with E-state index in [9.17, 15) is 34.1 Å². The largest absolute Gasteiger partial charge is 0.462 e. The summed E-state index contributed by atoms with van der Waals surface area (Å²) >= 11 is 0. The zero-order chi connectivity index (χ0) is 30.9. The first kappa shape index (κ1) is 30.6. The summed E-state index contributed by atoms with van der Waals surface area (Å²) in [6.07, 6.45) is 1.59. The summed E-state index contributed by atoms with van der Waals surface area (Å²) in [6.45, 7) is 1.86. The average molecular weight is 589 g/mol. The number of nitro groups is 1. The van der Waals surface area contributed by atoms with E-state index < -0.39 is 41.1 Å². The summed E-state index contributed by atoms with van der Waals surface area (Å²) in [4.78, 5) is 73.8. The Bertz CT molecular complexity index is 1520. The summed E-state index contributed by atoms with van der Waals surface area (Å²) in [5.41, 5.74) is 1.04. The lowest BCUT2D eigenvalue weighted by atomic mass is 10.1. The molecule has 0 N–H and O–H groups in total. The molecule has 0 bridgehead atoms. The molecule has 4 rings (SSSR count). The first-order valence-corrected chi connectivity index (χ1v) is 13.5. The number of ether oxygens (including phenoxy) is 3. The summed E-state index contributed by atoms with van der Waals surface area (Å²) in [5, 5.41) is 10.8. The second-order valence-corrected chi connectivity index (χ2v) is 9.69. The number of nitro benzene ring substituents is 1. The van der Waals surface area contributed by atoms with Gasteiger partial charge in [0.2, 0.25) is 5.91 Å². The molecule has 1 heterocycles. The van der Waals surface area contributed by atoms with Gasteiger partial charge in [0, 0.05) is 36.3 Å². The topological polar surface area (TPSA) is 159 Å². The van der Waals surface area contributed by atoms with Crippen LogP contribution in [0.4, 0.5) is 11.4 Å². The molecular formula is C31H28N2O10. The highest BCUT2D eigenvalue weighted by Gasteiger charge is 2.36. The first-order valence-electron chi connectivity index (χ1n) is 13.5. The number of Topliss-reactive ketones (excluding diaryl/α,β-unsaturated/α-hetero) is 1. The number of amides is 1. The summed E-state index contributed by atoms with van der Waals surface area (Å²) < 4.78 is 15.6. The van der Waals surface area contributed by atoms with Crippen molar-refractivity contribution >= 4 is 41.0 Å². The lowest BCUT2D eigenvalue weighted by molar-refractivity contribution is -0.384. The zero-order valence-electron chi connectivity index (χ0n) is 23.2. The Kier molecular flexibility index (Phi) is 9.94. The van der Waals surface area contributed by atoms with E-state index in [0.717, 1.165) is 12.8 Å². The molecule has 12 nitrogen and oxygen atoms in total. The third kappa shape index (κ3) is 7.88. The van der Waals surface area contributed by atoms with E-state index in [4.69, 9.17) is 14.2 Å². The van der Waals surface area contributed by atoms with Gasteiger partial charge in [-0.2, -0.15) is 0 Å². The molecule has 1 atom stereocenters. The van der Waals surface area contributed by atoms with Crippen molar-refractivity contribution in [3.8, 4) is 5.75 Å². The normalized spacial score (nSPS) is 14.2. The van der Waals surface area contributed by atoms with E-state index >= 15 is 0 Å². The highest BCUT2D eigenvalue weighted by molar-refractivity contribution is 6.01. The number of carbonyl (C=O) groups is 5. The standard InChI is InChI=1S/C31H28N2O10/c1-2-3-16-41-29(36)21-4-10-24(11-5-21)32-18-23(17-28(32)35)30(37)42-19-27(34)20-8-14-26(15-9-20)43-31(38)22-6-12-25(13-7-22)33(39)40/h4-15,23H,2-3,16-19H2,1H3/t23-/m0/s1. The van der Waals surface area contributed by atoms with Gasteiger partial charge in [0.1, 0.15) is 5.75 Å². The molecule has 0 aromatic heterocycles. The van der Waals surface area contributed by atoms with Crippen LogP contribution in [0, 0.1) is 16.0 Å². The smallest absolute Gasteiger partial charge is 0.343 e. The Morgan fingerprint density at radius 3 is 2.09 bits per heavy atom. The van der Waals surface area contributed by atoms with E-state index in [1.54, 1.807) is 24.3 Å². The number of nitrogens with zero attached hydrogens (tertiary/aromatic N) is 2. The van der Waals surface area contributed by atoms with E-state index in [-0.39, 0.29) is 41.4 Å².